The van der Waals surface area contributed by atoms with Crippen molar-refractivity contribution < 1.29 is 94.0 Å². The Balaban J connectivity index is 0.000000163. The van der Waals surface area contributed by atoms with E-state index in [0.29, 0.717) is 74.3 Å². The predicted octanol–water partition coefficient (Wildman–Crippen LogP) is 15.3. The Bertz CT molecular complexity index is 7470. The maximum absolute atomic E-state index is 13.0. The zero-order valence-corrected chi connectivity index (χ0v) is 78.6. The summed E-state index contributed by atoms with van der Waals surface area (Å²) >= 11 is 0. The van der Waals surface area contributed by atoms with Gasteiger partial charge in [0, 0.05) is 138 Å². The normalized spacial score (nSPS) is 13.7. The van der Waals surface area contributed by atoms with E-state index in [9.17, 15) is 94.0 Å². The van der Waals surface area contributed by atoms with Crippen molar-refractivity contribution >= 4 is 110 Å². The quantitative estimate of drug-likeness (QED) is 0.0111. The van der Waals surface area contributed by atoms with Gasteiger partial charge in [-0.2, -0.15) is 65.9 Å². The first kappa shape index (κ1) is 108. The van der Waals surface area contributed by atoms with Crippen LogP contribution in [-0.4, -0.2) is 168 Å². The molecule has 1 aliphatic heterocycles. The Morgan fingerprint density at radius 1 is 0.388 bits per heavy atom. The number of pyridine rings is 2. The highest BCUT2D eigenvalue weighted by Gasteiger charge is 2.36. The Hall–Kier alpha value is -18.1. The number of hydrogen-bond donors (Lipinski definition) is 9. The molecule has 37 nitrogen and oxygen atoms in total. The fourth-order valence-corrected chi connectivity index (χ4v) is 14.9. The van der Waals surface area contributed by atoms with E-state index in [-0.39, 0.29) is 63.0 Å². The molecule has 2 atom stereocenters. The number of nitrogens with one attached hydrogen (secondary N) is 9. The van der Waals surface area contributed by atoms with Crippen molar-refractivity contribution in [1.29, 1.82) is 0 Å². The summed E-state index contributed by atoms with van der Waals surface area (Å²) in [5.74, 6) is 3.57. The summed E-state index contributed by atoms with van der Waals surface area (Å²) in [5, 5.41) is 21.9. The zero-order chi connectivity index (χ0) is 106. The number of anilines is 4. The topological polar surface area (TPSA) is 445 Å². The van der Waals surface area contributed by atoms with E-state index in [2.05, 4.69) is 135 Å². The van der Waals surface area contributed by atoms with Crippen molar-refractivity contribution in [3.05, 3.63) is 306 Å². The van der Waals surface area contributed by atoms with Crippen molar-refractivity contribution in [2.45, 2.75) is 84.9 Å². The van der Waals surface area contributed by atoms with E-state index in [1.54, 1.807) is 134 Å². The average molecular weight is 2060 g/mol. The number of benzene rings is 6. The van der Waals surface area contributed by atoms with Crippen LogP contribution in [0.2, 0.25) is 0 Å². The third kappa shape index (κ3) is 33.3. The Morgan fingerprint density at radius 3 is 1.07 bits per heavy atom. The summed E-state index contributed by atoms with van der Waals surface area (Å²) < 4.78 is 213. The maximum Gasteiger partial charge on any atom is 0.416 e. The predicted molar refractivity (Wildman–Crippen MR) is 514 cm³/mol. The molecule has 147 heavy (non-hydrogen) atoms. The molecule has 10 heterocycles. The van der Waals surface area contributed by atoms with E-state index < -0.39 is 97.8 Å². The van der Waals surface area contributed by atoms with Crippen molar-refractivity contribution in [2.24, 2.45) is 0 Å². The monoisotopic (exact) mass is 2060 g/mol. The summed E-state index contributed by atoms with van der Waals surface area (Å²) in [6, 6.07) is 33.8. The van der Waals surface area contributed by atoms with E-state index in [4.69, 9.17) is 0 Å². The highest BCUT2D eigenvalue weighted by atomic mass is 32.2. The lowest BCUT2D eigenvalue weighted by molar-refractivity contribution is -0.138. The summed E-state index contributed by atoms with van der Waals surface area (Å²) in [6.45, 7) is 9.60. The number of rotatable bonds is 25. The number of aromatic nitrogens is 21. The van der Waals surface area contributed by atoms with Gasteiger partial charge in [0.15, 0.2) is 34.9 Å². The van der Waals surface area contributed by atoms with Gasteiger partial charge in [0.05, 0.1) is 68.8 Å². The molecule has 1 saturated heterocycles. The Kier molecular flexibility index (Phi) is 34.9. The lowest BCUT2D eigenvalue weighted by Crippen LogP contribution is -2.44. The third-order valence-corrected chi connectivity index (χ3v) is 21.7. The van der Waals surface area contributed by atoms with Crippen LogP contribution < -0.4 is 53.8 Å². The van der Waals surface area contributed by atoms with Crippen molar-refractivity contribution in [3.8, 4) is 56.9 Å². The molecule has 1 aliphatic rings. The summed E-state index contributed by atoms with van der Waals surface area (Å²) in [4.78, 5) is 104. The number of nitrogens with zero attached hydrogens (tertiary/aromatic N) is 22. The van der Waals surface area contributed by atoms with E-state index in [1.165, 1.54) is 140 Å². The van der Waals surface area contributed by atoms with Crippen LogP contribution in [0.5, 0.6) is 0 Å². The molecule has 9 aromatic heterocycles. The number of carbonyl (C=O) groups is 5. The number of amides is 5. The molecule has 53 heteroatoms. The molecule has 5 amide bonds. The van der Waals surface area contributed by atoms with Crippen molar-refractivity contribution in [3.63, 3.8) is 0 Å². The Labute approximate surface area is 824 Å². The minimum atomic E-state index is -4.47. The van der Waals surface area contributed by atoms with Crippen LogP contribution in [-0.2, 0) is 64.4 Å². The SMILES string of the molecule is C=S1(=O)CCC(NNC(=O)/C=C\n2cnc(-c3cc(C)cc(C(F)(F)F)c3)n2)C1.Cc1cc(-c2ncn(/C=C\C(=O)NN(C)c3cccnc3)n2)cc(C(F)(F)F)c1.Cc1cc(-c2ncn(/C=C\C(=O)NNc3cc(C)ncn3)n2)cc(C(F)(F)F)c1.Cc1cc(-c2ncn(/C=C\C(=O)NNc3cccnc3)n2)cc(C(F)(F)F)c1.Cc1cc(-c2ncn(/C=C\C(=O)NNc3cnc4ccccc4n3)n2)cc(C(F)(F)F)c1. The molecule has 762 valence electrons. The summed E-state index contributed by atoms with van der Waals surface area (Å²) in [6.07, 6.45) is 6.60. The molecule has 1 fully saturated rings. The first-order chi connectivity index (χ1) is 69.5. The lowest BCUT2D eigenvalue weighted by atomic mass is 10.1. The lowest BCUT2D eigenvalue weighted by Gasteiger charge is -2.18. The number of para-hydroxylation sites is 2. The van der Waals surface area contributed by atoms with Crippen LogP contribution >= 0.6 is 0 Å². The first-order valence-electron chi connectivity index (χ1n) is 42.9. The van der Waals surface area contributed by atoms with Gasteiger partial charge < -0.3 is 0 Å². The largest absolute Gasteiger partial charge is 0.416 e. The van der Waals surface area contributed by atoms with Gasteiger partial charge in [-0.1, -0.05) is 12.1 Å². The number of fused-ring (bicyclic) bond motifs is 1. The standard InChI is InChI=1S/C21H16F3N7O.C19H17F3N6O.C18H16F3N7O.C18H15F3N6O.C18H20F3N5O2S/c1-13-8-14(10-15(9-13)21(22,23)24)20-26-12-31(30-20)7-6-19(32)29-28-18-11-25-16-4-2-3-5-17(16)27-18;1-13-8-14(10-15(9-13)19(20,21)22)18-24-12-28(26-18)7-5-17(29)25-27(2)16-4-3-6-23-11-16;1-11-5-13(8-14(6-11)18(19,20)21)17-24-10-28(27-17)4-3-16(29)26-25-15-7-12(2)22-9-23-15;1-12-7-13(9-14(8-12)18(19,20)21)17-23-11-27(26-17)6-4-16(28)25-24-15-3-2-5-22-10-15;1-12-7-13(9-14(8-12)18(19,20)21)17-22-11-26(25-17)5-3-16(27)24-23-15-4-6-29(2,28)10-15/h2-12H,1H3,(H,27,28)(H,29,32);3-12H,1-2H3,(H,25,29);3-10H,1-2H3,(H,26,29)(H,22,23,25);2-11,24H,1H3,(H,25,28);3,5,7-9,11,15,23H,2,4,6,10H2,1H3,(H,24,27)/b7-6-;7-5-;4-3-;6-4-;5-3-. The van der Waals surface area contributed by atoms with Gasteiger partial charge in [0.1, 0.15) is 43.8 Å². The van der Waals surface area contributed by atoms with E-state index in [0.717, 1.165) is 71.9 Å². The molecule has 6 aromatic carbocycles. The van der Waals surface area contributed by atoms with Crippen LogP contribution in [0, 0.1) is 41.5 Å². The van der Waals surface area contributed by atoms with Crippen molar-refractivity contribution in [2.75, 3.05) is 39.8 Å². The zero-order valence-electron chi connectivity index (χ0n) is 77.8. The minimum Gasteiger partial charge on any atom is -0.297 e. The van der Waals surface area contributed by atoms with Gasteiger partial charge >= 0.3 is 30.9 Å². The molecule has 0 radical (unpaired) electrons. The molecule has 15 aromatic rings. The van der Waals surface area contributed by atoms with Crippen LogP contribution in [0.1, 0.15) is 67.7 Å². The number of carbonyl (C=O) groups excluding carboxylic acids is 5. The van der Waals surface area contributed by atoms with Crippen molar-refractivity contribution in [1.82, 2.24) is 136 Å². The minimum absolute atomic E-state index is 0.0977. The number of halogens is 15. The highest BCUT2D eigenvalue weighted by molar-refractivity contribution is 8.00. The van der Waals surface area contributed by atoms with Crippen LogP contribution in [0.25, 0.3) is 99.0 Å². The maximum atomic E-state index is 13.0. The Morgan fingerprint density at radius 2 is 0.735 bits per heavy atom. The number of hydrogen-bond acceptors (Lipinski definition) is 27. The van der Waals surface area contributed by atoms with Gasteiger partial charge in [-0.25, -0.2) is 68.7 Å². The van der Waals surface area contributed by atoms with Crippen LogP contribution in [0.4, 0.5) is 88.9 Å². The molecule has 9 N–H and O–H groups in total. The number of hydrazine groups is 5. The third-order valence-electron chi connectivity index (χ3n) is 19.7. The molecular weight excluding hydrogens is 1980 g/mol. The second kappa shape index (κ2) is 47.7. The van der Waals surface area contributed by atoms with E-state index >= 15 is 0 Å². The molecule has 2 unspecified atom stereocenters. The number of aryl methyl sites for hydroxylation is 6. The van der Waals surface area contributed by atoms with E-state index in [1.807, 2.05) is 18.2 Å². The fraction of sp³-hybridized carbons (Fsp3) is 0.170. The van der Waals surface area contributed by atoms with Gasteiger partial charge in [-0.05, 0) is 219 Å². The summed E-state index contributed by atoms with van der Waals surface area (Å²) in [5.41, 5.74) is 26.1. The first-order valence-corrected chi connectivity index (χ1v) is 44.9. The molecule has 0 bridgehead atoms. The molecular formula is C94H84F15N31O6S. The highest BCUT2D eigenvalue weighted by Crippen LogP contribution is 2.38. The fourth-order valence-electron chi connectivity index (χ4n) is 13.0. The van der Waals surface area contributed by atoms with Crippen LogP contribution in [0.15, 0.2) is 245 Å². The molecule has 16 rings (SSSR count). The second-order valence-corrected chi connectivity index (χ2v) is 34.5. The van der Waals surface area contributed by atoms with Gasteiger partial charge in [-0.15, -0.1) is 25.5 Å². The smallest absolute Gasteiger partial charge is 0.297 e. The summed E-state index contributed by atoms with van der Waals surface area (Å²) in [7, 11) is -0.403. The number of alkyl halides is 15. The van der Waals surface area contributed by atoms with Gasteiger partial charge in [-0.3, -0.25) is 91.5 Å². The molecule has 0 spiro atoms. The molecule has 0 aliphatic carbocycles. The molecule has 0 saturated carbocycles. The van der Waals surface area contributed by atoms with Gasteiger partial charge in [0.2, 0.25) is 0 Å². The van der Waals surface area contributed by atoms with Gasteiger partial charge in [0.25, 0.3) is 29.5 Å². The average Bonchev–Trinajstić information content (AvgIpc) is 1.61. The van der Waals surface area contributed by atoms with Crippen LogP contribution in [0.3, 0.4) is 0 Å². The second-order valence-electron chi connectivity index (χ2n) is 31.8.